The zero-order valence-electron chi connectivity index (χ0n) is 30.5. The Morgan fingerprint density at radius 1 is 0.700 bits per heavy atom. The van der Waals surface area contributed by atoms with Gasteiger partial charge in [-0.05, 0) is 78.9 Å². The smallest absolute Gasteiger partial charge is 0.247 e. The molecule has 0 unspecified atom stereocenters. The predicted octanol–water partition coefficient (Wildman–Crippen LogP) is 8.88. The Morgan fingerprint density at radius 3 is 2.10 bits per heavy atom. The number of para-hydroxylation sites is 2. The average Bonchev–Trinajstić information content (AvgIpc) is 3.71. The molecule has 5 aromatic carbocycles. The van der Waals surface area contributed by atoms with Crippen LogP contribution in [-0.2, 0) is 0 Å². The number of hydrogen-bond acceptors (Lipinski definition) is 4. The molecule has 2 aliphatic rings. The minimum atomic E-state index is 0.143. The summed E-state index contributed by atoms with van der Waals surface area (Å²) in [5, 5.41) is 0. The van der Waals surface area contributed by atoms with Gasteiger partial charge in [0.1, 0.15) is 17.3 Å². The first-order valence-corrected chi connectivity index (χ1v) is 17.9. The van der Waals surface area contributed by atoms with E-state index in [2.05, 4.69) is 161 Å². The zero-order chi connectivity index (χ0) is 34.8. The van der Waals surface area contributed by atoms with Crippen molar-refractivity contribution in [2.24, 2.45) is 0 Å². The lowest BCUT2D eigenvalue weighted by Crippen LogP contribution is -2.58. The van der Waals surface area contributed by atoms with Gasteiger partial charge in [-0.3, -0.25) is 4.57 Å². The normalized spacial score (nSPS) is 13.4. The van der Waals surface area contributed by atoms with Gasteiger partial charge >= 0.3 is 0 Å². The van der Waals surface area contributed by atoms with Crippen LogP contribution in [0.4, 0.5) is 17.1 Å². The Hall–Kier alpha value is -5.23. The predicted molar refractivity (Wildman–Crippen MR) is 211 cm³/mol. The Morgan fingerprint density at radius 2 is 1.38 bits per heavy atom. The van der Waals surface area contributed by atoms with Gasteiger partial charge in [-0.2, -0.15) is 0 Å². The Labute approximate surface area is 297 Å². The first-order chi connectivity index (χ1) is 24.1. The van der Waals surface area contributed by atoms with Gasteiger partial charge in [0.15, 0.2) is 0 Å². The number of aromatic nitrogens is 2. The van der Waals surface area contributed by atoms with E-state index in [4.69, 9.17) is 9.72 Å². The van der Waals surface area contributed by atoms with Gasteiger partial charge in [-0.1, -0.05) is 111 Å². The molecule has 0 amide bonds. The number of benzene rings is 5. The summed E-state index contributed by atoms with van der Waals surface area (Å²) in [6.07, 6.45) is 3.99. The van der Waals surface area contributed by atoms with Crippen LogP contribution in [0.15, 0.2) is 103 Å². The van der Waals surface area contributed by atoms with Crippen molar-refractivity contribution < 1.29 is 4.74 Å². The first-order valence-electron chi connectivity index (χ1n) is 17.9. The van der Waals surface area contributed by atoms with Crippen molar-refractivity contribution in [1.29, 1.82) is 0 Å². The molecule has 0 bridgehead atoms. The van der Waals surface area contributed by atoms with E-state index in [-0.39, 0.29) is 6.71 Å². The maximum Gasteiger partial charge on any atom is 0.247 e. The molecule has 5 nitrogen and oxygen atoms in total. The summed E-state index contributed by atoms with van der Waals surface area (Å²) in [4.78, 5) is 9.69. The second kappa shape index (κ2) is 12.3. The molecule has 0 aliphatic carbocycles. The molecular formula is C44H45BN4O. The van der Waals surface area contributed by atoms with E-state index in [1.807, 2.05) is 12.3 Å². The van der Waals surface area contributed by atoms with Crippen molar-refractivity contribution in [3.8, 4) is 28.6 Å². The number of hydrogen-bond donors (Lipinski definition) is 0. The van der Waals surface area contributed by atoms with Crippen LogP contribution in [0, 0.1) is 20.8 Å². The van der Waals surface area contributed by atoms with Crippen molar-refractivity contribution in [3.05, 3.63) is 131 Å². The first kappa shape index (κ1) is 32.0. The lowest BCUT2D eigenvalue weighted by Gasteiger charge is -2.34. The topological polar surface area (TPSA) is 33.5 Å². The summed E-state index contributed by atoms with van der Waals surface area (Å²) in [5.74, 6) is 3.29. The fourth-order valence-corrected chi connectivity index (χ4v) is 8.45. The monoisotopic (exact) mass is 656 g/mol. The molecule has 0 spiro atoms. The Kier molecular flexibility index (Phi) is 7.86. The molecular weight excluding hydrogens is 611 g/mol. The van der Waals surface area contributed by atoms with E-state index in [0.717, 1.165) is 29.6 Å². The van der Waals surface area contributed by atoms with Crippen molar-refractivity contribution in [2.75, 3.05) is 23.5 Å². The number of ether oxygens (including phenoxy) is 1. The highest BCUT2D eigenvalue weighted by Crippen LogP contribution is 2.42. The van der Waals surface area contributed by atoms with Gasteiger partial charge < -0.3 is 14.5 Å². The highest BCUT2D eigenvalue weighted by Gasteiger charge is 2.41. The van der Waals surface area contributed by atoms with Gasteiger partial charge in [0, 0.05) is 36.8 Å². The van der Waals surface area contributed by atoms with Crippen molar-refractivity contribution in [3.63, 3.8) is 0 Å². The number of rotatable bonds is 7. The summed E-state index contributed by atoms with van der Waals surface area (Å²) in [6, 6.07) is 33.1. The van der Waals surface area contributed by atoms with E-state index in [9.17, 15) is 0 Å². The molecule has 0 atom stereocenters. The standard InChI is InChI=1S/C44H45BN4O/c1-27(2)35-14-10-15-36(28(3)4)42(35)48-21-20-46-44(48)32-12-9-13-33(24-32)50-34-18-19-37-40(25-34)49-26-47(8)39-17-11-16-38(43(39)49)45(37)41-30(6)22-29(5)23-31(41)7/h9-25,27-28H,26H2,1-8H3. The molecule has 250 valence electrons. The van der Waals surface area contributed by atoms with Gasteiger partial charge in [0.2, 0.25) is 6.71 Å². The number of nitrogens with zero attached hydrogens (tertiary/aromatic N) is 4. The second-order valence-electron chi connectivity index (χ2n) is 14.8. The number of anilines is 3. The molecule has 6 aromatic rings. The summed E-state index contributed by atoms with van der Waals surface area (Å²) in [6.45, 7) is 16.7. The average molecular weight is 657 g/mol. The van der Waals surface area contributed by atoms with Crippen LogP contribution in [0.3, 0.4) is 0 Å². The highest BCUT2D eigenvalue weighted by atomic mass is 16.5. The van der Waals surface area contributed by atoms with Crippen LogP contribution in [0.25, 0.3) is 17.1 Å². The summed E-state index contributed by atoms with van der Waals surface area (Å²) in [7, 11) is 2.18. The summed E-state index contributed by atoms with van der Waals surface area (Å²) < 4.78 is 8.96. The van der Waals surface area contributed by atoms with Crippen LogP contribution in [-0.4, -0.2) is 30.0 Å². The lowest BCUT2D eigenvalue weighted by atomic mass is 9.34. The summed E-state index contributed by atoms with van der Waals surface area (Å²) in [5.41, 5.74) is 16.7. The fourth-order valence-electron chi connectivity index (χ4n) is 8.45. The Bertz CT molecular complexity index is 2220. The number of aryl methyl sites for hydroxylation is 3. The van der Waals surface area contributed by atoms with E-state index in [0.29, 0.717) is 11.8 Å². The molecule has 8 rings (SSSR count). The molecule has 3 heterocycles. The number of fused-ring (bicyclic) bond motifs is 2. The minimum Gasteiger partial charge on any atom is -0.457 e. The van der Waals surface area contributed by atoms with Crippen molar-refractivity contribution >= 4 is 40.2 Å². The third kappa shape index (κ3) is 5.20. The van der Waals surface area contributed by atoms with Crippen molar-refractivity contribution in [2.45, 2.75) is 60.3 Å². The third-order valence-corrected chi connectivity index (χ3v) is 10.6. The molecule has 6 heteroatoms. The van der Waals surface area contributed by atoms with Crippen molar-refractivity contribution in [1.82, 2.24) is 9.55 Å². The molecule has 0 radical (unpaired) electrons. The van der Waals surface area contributed by atoms with E-state index >= 15 is 0 Å². The molecule has 0 fully saturated rings. The summed E-state index contributed by atoms with van der Waals surface area (Å²) >= 11 is 0. The molecule has 0 saturated heterocycles. The Balaban J connectivity index is 1.19. The SMILES string of the molecule is Cc1cc(C)c(B2c3ccc(Oc4cccc(-c5nccn5-c5c(C(C)C)cccc5C(C)C)c4)cc3N3CN(C)c4cccc2c43)c(C)c1. The molecule has 50 heavy (non-hydrogen) atoms. The van der Waals surface area contributed by atoms with Gasteiger partial charge in [-0.15, -0.1) is 0 Å². The quantitative estimate of drug-likeness (QED) is 0.161. The number of imidazole rings is 1. The maximum absolute atomic E-state index is 6.70. The fraction of sp³-hybridized carbons (Fsp3) is 0.250. The van der Waals surface area contributed by atoms with Gasteiger partial charge in [-0.25, -0.2) is 4.98 Å². The van der Waals surface area contributed by atoms with Crippen LogP contribution >= 0.6 is 0 Å². The van der Waals surface area contributed by atoms with Crippen LogP contribution in [0.2, 0.25) is 0 Å². The van der Waals surface area contributed by atoms with Crippen LogP contribution in [0.1, 0.15) is 67.3 Å². The molecule has 0 saturated carbocycles. The third-order valence-electron chi connectivity index (χ3n) is 10.6. The zero-order valence-corrected chi connectivity index (χ0v) is 30.5. The highest BCUT2D eigenvalue weighted by molar-refractivity contribution is 6.98. The largest absolute Gasteiger partial charge is 0.457 e. The molecule has 2 aliphatic heterocycles. The van der Waals surface area contributed by atoms with E-state index < -0.39 is 0 Å². The van der Waals surface area contributed by atoms with E-state index in [1.165, 1.54) is 67.0 Å². The van der Waals surface area contributed by atoms with Crippen LogP contribution < -0.4 is 30.9 Å². The lowest BCUT2D eigenvalue weighted by molar-refractivity contribution is 0.483. The van der Waals surface area contributed by atoms with Gasteiger partial charge in [0.05, 0.1) is 23.7 Å². The second-order valence-corrected chi connectivity index (χ2v) is 14.8. The molecule has 1 aromatic heterocycles. The molecule has 0 N–H and O–H groups in total. The van der Waals surface area contributed by atoms with Crippen LogP contribution in [0.5, 0.6) is 11.5 Å². The maximum atomic E-state index is 6.70. The van der Waals surface area contributed by atoms with Gasteiger partial charge in [0.25, 0.3) is 0 Å². The van der Waals surface area contributed by atoms with E-state index in [1.54, 1.807) is 0 Å². The minimum absolute atomic E-state index is 0.143.